The number of carbonyl (C=O) groups is 1. The van der Waals surface area contributed by atoms with Gasteiger partial charge in [-0.2, -0.15) is 0 Å². The first-order chi connectivity index (χ1) is 10.3. The summed E-state index contributed by atoms with van der Waals surface area (Å²) >= 11 is 0. The Hall–Kier alpha value is -1.72. The summed E-state index contributed by atoms with van der Waals surface area (Å²) in [6.45, 7) is 3.25. The van der Waals surface area contributed by atoms with Crippen LogP contribution in [-0.2, 0) is 4.79 Å². The zero-order valence-corrected chi connectivity index (χ0v) is 12.3. The van der Waals surface area contributed by atoms with E-state index in [2.05, 4.69) is 4.74 Å². The summed E-state index contributed by atoms with van der Waals surface area (Å²) in [5, 5.41) is 0. The molecule has 0 bridgehead atoms. The summed E-state index contributed by atoms with van der Waals surface area (Å²) in [5.74, 6) is 0.215. The summed E-state index contributed by atoms with van der Waals surface area (Å²) in [7, 11) is 0. The number of alkyl halides is 3. The zero-order valence-electron chi connectivity index (χ0n) is 12.3. The molecule has 0 radical (unpaired) electrons. The molecule has 1 heterocycles. The topological polar surface area (TPSA) is 29.5 Å². The highest BCUT2D eigenvalue weighted by atomic mass is 19.4. The minimum atomic E-state index is -4.66. The maximum absolute atomic E-state index is 12.3. The van der Waals surface area contributed by atoms with Gasteiger partial charge >= 0.3 is 6.36 Å². The molecule has 2 fully saturated rings. The van der Waals surface area contributed by atoms with E-state index < -0.39 is 6.36 Å². The van der Waals surface area contributed by atoms with E-state index in [4.69, 9.17) is 0 Å². The van der Waals surface area contributed by atoms with Crippen LogP contribution in [0.5, 0.6) is 5.75 Å². The molecule has 1 spiro atoms. The molecule has 2 aliphatic rings. The number of benzene rings is 1. The number of hydrogen-bond donors (Lipinski definition) is 0. The predicted molar refractivity (Wildman–Crippen MR) is 74.5 cm³/mol. The Bertz CT molecular complexity index is 579. The van der Waals surface area contributed by atoms with Gasteiger partial charge in [-0.15, -0.1) is 13.2 Å². The van der Waals surface area contributed by atoms with Gasteiger partial charge in [0.25, 0.3) is 0 Å². The van der Waals surface area contributed by atoms with Crippen LogP contribution < -0.4 is 4.74 Å². The number of hydrogen-bond acceptors (Lipinski definition) is 2. The van der Waals surface area contributed by atoms with E-state index in [1.165, 1.54) is 6.07 Å². The van der Waals surface area contributed by atoms with Crippen LogP contribution in [-0.4, -0.2) is 30.8 Å². The first-order valence-electron chi connectivity index (χ1n) is 7.36. The van der Waals surface area contributed by atoms with Crippen LogP contribution in [0.1, 0.15) is 36.3 Å². The predicted octanol–water partition coefficient (Wildman–Crippen LogP) is 3.62. The molecule has 3 nitrogen and oxygen atoms in total. The molecule has 6 heteroatoms. The lowest BCUT2D eigenvalue weighted by Gasteiger charge is -2.46. The van der Waals surface area contributed by atoms with Crippen molar-refractivity contribution >= 4 is 6.41 Å². The largest absolute Gasteiger partial charge is 0.573 e. The SMILES string of the molecule is Cc1cc(C2CCC3(C2)CN(C=O)C3)ccc1OC(F)(F)F. The highest BCUT2D eigenvalue weighted by molar-refractivity contribution is 5.49. The molecular weight excluding hydrogens is 295 g/mol. The average molecular weight is 313 g/mol. The third kappa shape index (κ3) is 2.91. The van der Waals surface area contributed by atoms with Crippen molar-refractivity contribution in [1.29, 1.82) is 0 Å². The lowest BCUT2D eigenvalue weighted by atomic mass is 9.77. The third-order valence-corrected chi connectivity index (χ3v) is 4.82. The molecule has 1 saturated heterocycles. The second-order valence-electron chi connectivity index (χ2n) is 6.52. The second kappa shape index (κ2) is 5.18. The van der Waals surface area contributed by atoms with Crippen LogP contribution in [0.2, 0.25) is 0 Å². The number of ether oxygens (including phenoxy) is 1. The van der Waals surface area contributed by atoms with Gasteiger partial charge in [-0.1, -0.05) is 12.1 Å². The molecule has 1 saturated carbocycles. The maximum atomic E-state index is 12.3. The van der Waals surface area contributed by atoms with Crippen molar-refractivity contribution in [3.63, 3.8) is 0 Å². The molecule has 0 N–H and O–H groups in total. The van der Waals surface area contributed by atoms with Crippen LogP contribution >= 0.6 is 0 Å². The summed E-state index contributed by atoms with van der Waals surface area (Å²) in [4.78, 5) is 12.5. The van der Waals surface area contributed by atoms with E-state index in [1.807, 2.05) is 0 Å². The fourth-order valence-electron chi connectivity index (χ4n) is 3.83. The Kier molecular flexibility index (Phi) is 3.57. The van der Waals surface area contributed by atoms with Crippen LogP contribution in [0.15, 0.2) is 18.2 Å². The van der Waals surface area contributed by atoms with Gasteiger partial charge in [0.1, 0.15) is 5.75 Å². The summed E-state index contributed by atoms with van der Waals surface area (Å²) < 4.78 is 40.9. The second-order valence-corrected chi connectivity index (χ2v) is 6.52. The number of carbonyl (C=O) groups excluding carboxylic acids is 1. The van der Waals surface area contributed by atoms with E-state index in [0.29, 0.717) is 11.5 Å². The van der Waals surface area contributed by atoms with Crippen LogP contribution in [0, 0.1) is 12.3 Å². The summed E-state index contributed by atoms with van der Waals surface area (Å²) in [6.07, 6.45) is -0.691. The number of aryl methyl sites for hydroxylation is 1. The molecule has 1 unspecified atom stereocenters. The fourth-order valence-corrected chi connectivity index (χ4v) is 3.83. The van der Waals surface area contributed by atoms with E-state index in [-0.39, 0.29) is 11.2 Å². The minimum absolute atomic E-state index is 0.139. The van der Waals surface area contributed by atoms with Crippen molar-refractivity contribution in [1.82, 2.24) is 4.90 Å². The van der Waals surface area contributed by atoms with E-state index >= 15 is 0 Å². The zero-order chi connectivity index (χ0) is 16.0. The highest BCUT2D eigenvalue weighted by Gasteiger charge is 2.47. The lowest BCUT2D eigenvalue weighted by Crippen LogP contribution is -2.54. The van der Waals surface area contributed by atoms with E-state index in [1.54, 1.807) is 24.0 Å². The van der Waals surface area contributed by atoms with Gasteiger partial charge in [0, 0.05) is 18.5 Å². The Morgan fingerprint density at radius 1 is 1.36 bits per heavy atom. The van der Waals surface area contributed by atoms with Crippen LogP contribution in [0.25, 0.3) is 0 Å². The van der Waals surface area contributed by atoms with Crippen molar-refractivity contribution < 1.29 is 22.7 Å². The van der Waals surface area contributed by atoms with Crippen LogP contribution in [0.3, 0.4) is 0 Å². The fraction of sp³-hybridized carbons (Fsp3) is 0.562. The van der Waals surface area contributed by atoms with Gasteiger partial charge in [0.2, 0.25) is 6.41 Å². The van der Waals surface area contributed by atoms with Gasteiger partial charge in [0.05, 0.1) is 0 Å². The first kappa shape index (κ1) is 15.2. The van der Waals surface area contributed by atoms with Crippen molar-refractivity contribution in [2.45, 2.75) is 38.5 Å². The number of halogens is 3. The third-order valence-electron chi connectivity index (χ3n) is 4.82. The van der Waals surface area contributed by atoms with Gasteiger partial charge in [-0.05, 0) is 49.3 Å². The molecule has 120 valence electrons. The maximum Gasteiger partial charge on any atom is 0.573 e. The Balaban J connectivity index is 1.69. The number of rotatable bonds is 3. The minimum Gasteiger partial charge on any atom is -0.406 e. The molecule has 22 heavy (non-hydrogen) atoms. The van der Waals surface area contributed by atoms with Gasteiger partial charge in [0.15, 0.2) is 0 Å². The number of nitrogens with zero attached hydrogens (tertiary/aromatic N) is 1. The van der Waals surface area contributed by atoms with Crippen LogP contribution in [0.4, 0.5) is 13.2 Å². The molecule has 1 aromatic carbocycles. The normalized spacial score (nSPS) is 23.5. The highest BCUT2D eigenvalue weighted by Crippen LogP contribution is 2.51. The molecule has 3 rings (SSSR count). The quantitative estimate of drug-likeness (QED) is 0.798. The van der Waals surface area contributed by atoms with Crippen molar-refractivity contribution in [3.8, 4) is 5.75 Å². The standard InChI is InChI=1S/C16H18F3NO2/c1-11-6-12(2-3-14(11)22-16(17,18)19)13-4-5-15(7-13)8-20(9-15)10-21/h2-3,6,10,13H,4-5,7-9H2,1H3. The molecule has 0 aromatic heterocycles. The Labute approximate surface area is 127 Å². The van der Waals surface area contributed by atoms with Crippen molar-refractivity contribution in [2.75, 3.05) is 13.1 Å². The van der Waals surface area contributed by atoms with Gasteiger partial charge in [-0.3, -0.25) is 4.79 Å². The molecule has 1 atom stereocenters. The summed E-state index contributed by atoms with van der Waals surface area (Å²) in [5.41, 5.74) is 1.79. The first-order valence-corrected chi connectivity index (χ1v) is 7.36. The van der Waals surface area contributed by atoms with Gasteiger partial charge in [-0.25, -0.2) is 0 Å². The molecule has 1 amide bonds. The number of amides is 1. The molecule has 1 aromatic rings. The van der Waals surface area contributed by atoms with E-state index in [0.717, 1.165) is 44.3 Å². The Morgan fingerprint density at radius 2 is 2.09 bits per heavy atom. The molecule has 1 aliphatic heterocycles. The smallest absolute Gasteiger partial charge is 0.406 e. The molecular formula is C16H18F3NO2. The lowest BCUT2D eigenvalue weighted by molar-refractivity contribution is -0.274. The van der Waals surface area contributed by atoms with Crippen molar-refractivity contribution in [3.05, 3.63) is 29.3 Å². The molecule has 1 aliphatic carbocycles. The monoisotopic (exact) mass is 313 g/mol. The van der Waals surface area contributed by atoms with E-state index in [9.17, 15) is 18.0 Å². The summed E-state index contributed by atoms with van der Waals surface area (Å²) in [6, 6.07) is 4.93. The average Bonchev–Trinajstić information content (AvgIpc) is 2.83. The van der Waals surface area contributed by atoms with Crippen molar-refractivity contribution in [2.24, 2.45) is 5.41 Å². The van der Waals surface area contributed by atoms with Gasteiger partial charge < -0.3 is 9.64 Å². The number of likely N-dealkylation sites (tertiary alicyclic amines) is 1. The Morgan fingerprint density at radius 3 is 2.68 bits per heavy atom.